The van der Waals surface area contributed by atoms with Crippen molar-refractivity contribution in [3.05, 3.63) is 132 Å². The maximum atomic E-state index is 6.28. The number of furan rings is 1. The maximum absolute atomic E-state index is 6.28. The molecule has 3 heteroatoms. The van der Waals surface area contributed by atoms with E-state index in [9.17, 15) is 0 Å². The van der Waals surface area contributed by atoms with E-state index in [4.69, 9.17) is 4.42 Å². The van der Waals surface area contributed by atoms with Gasteiger partial charge in [-0.3, -0.25) is 0 Å². The smallest absolute Gasteiger partial charge is 0.221 e. The van der Waals surface area contributed by atoms with Crippen LogP contribution in [0.4, 0.5) is 0 Å². The molecule has 0 saturated heterocycles. The first kappa shape index (κ1) is 22.8. The third-order valence-corrected chi connectivity index (χ3v) is 9.00. The Morgan fingerprint density at radius 2 is 1.37 bits per heavy atom. The van der Waals surface area contributed by atoms with Gasteiger partial charge >= 0.3 is 0 Å². The number of hydrogen-bond acceptors (Lipinski definition) is 1. The molecule has 0 saturated carbocycles. The highest BCUT2D eigenvalue weighted by Crippen LogP contribution is 2.41. The van der Waals surface area contributed by atoms with Crippen LogP contribution in [0.1, 0.15) is 22.3 Å². The van der Waals surface area contributed by atoms with Crippen molar-refractivity contribution in [3.8, 4) is 22.5 Å². The van der Waals surface area contributed by atoms with E-state index in [1.807, 2.05) is 12.1 Å². The predicted molar refractivity (Wildman–Crippen MR) is 165 cm³/mol. The number of rotatable bonds is 2. The molecule has 0 atom stereocenters. The highest BCUT2D eigenvalue weighted by atomic mass is 16.3. The van der Waals surface area contributed by atoms with Crippen molar-refractivity contribution in [2.75, 3.05) is 0 Å². The van der Waals surface area contributed by atoms with Crippen LogP contribution in [0.15, 0.2) is 114 Å². The van der Waals surface area contributed by atoms with Crippen LogP contribution in [-0.4, -0.2) is 0 Å². The molecule has 7 aromatic rings. The molecule has 0 bridgehead atoms. The average molecular weight is 529 g/mol. The molecule has 0 unspecified atom stereocenters. The predicted octanol–water partition coefficient (Wildman–Crippen LogP) is 7.93. The lowest BCUT2D eigenvalue weighted by Crippen LogP contribution is -2.43. The Morgan fingerprint density at radius 1 is 0.610 bits per heavy atom. The Labute approximate surface area is 238 Å². The summed E-state index contributed by atoms with van der Waals surface area (Å²) < 4.78 is 11.2. The van der Waals surface area contributed by atoms with Crippen molar-refractivity contribution in [2.24, 2.45) is 0 Å². The second kappa shape index (κ2) is 8.74. The number of para-hydroxylation sites is 2. The summed E-state index contributed by atoms with van der Waals surface area (Å²) in [6.07, 6.45) is 11.1. The SMILES string of the molecule is C(=Cc1cccc2c1oc1ccccc12)c1cc[n+]2c(c1)-c1c(ccc3c1-c1c4ccccc4cc[n+]1CC3)CC2. The minimum absolute atomic E-state index is 0.931. The van der Waals surface area contributed by atoms with Gasteiger partial charge in [0, 0.05) is 47.4 Å². The molecule has 0 fully saturated rings. The van der Waals surface area contributed by atoms with Crippen molar-refractivity contribution in [1.82, 2.24) is 0 Å². The fraction of sp³-hybridized carbons (Fsp3) is 0.105. The van der Waals surface area contributed by atoms with Gasteiger partial charge in [-0.15, -0.1) is 0 Å². The monoisotopic (exact) mass is 528 g/mol. The van der Waals surface area contributed by atoms with Gasteiger partial charge in [0.2, 0.25) is 11.4 Å². The van der Waals surface area contributed by atoms with Gasteiger partial charge in [-0.05, 0) is 34.2 Å². The molecule has 0 N–H and O–H groups in total. The standard InChI is InChI=1S/C38H28N2O/c1-2-8-30-26(6-1)17-22-40-23-19-28-15-14-27-18-21-39-20-16-25(24-33(39)35(27)36(28)37(30)40)12-13-29-7-5-10-32-31-9-3-4-11-34(31)41-38(29)32/h1-17,20,22,24H,18-19,21,23H2/q+2. The number of pyridine rings is 2. The van der Waals surface area contributed by atoms with Crippen molar-refractivity contribution in [2.45, 2.75) is 25.9 Å². The Morgan fingerprint density at radius 3 is 2.29 bits per heavy atom. The molecule has 41 heavy (non-hydrogen) atoms. The number of aromatic nitrogens is 2. The number of fused-ring (bicyclic) bond motifs is 12. The molecule has 0 radical (unpaired) electrons. The van der Waals surface area contributed by atoms with E-state index in [0.29, 0.717) is 0 Å². The molecule has 4 aromatic carbocycles. The van der Waals surface area contributed by atoms with Crippen molar-refractivity contribution < 1.29 is 13.6 Å². The average Bonchev–Trinajstić information content (AvgIpc) is 3.42. The van der Waals surface area contributed by atoms with Gasteiger partial charge in [0.25, 0.3) is 0 Å². The largest absolute Gasteiger partial charge is 0.455 e. The number of nitrogens with zero attached hydrogens (tertiary/aromatic N) is 2. The molecule has 0 aliphatic carbocycles. The number of benzene rings is 4. The Balaban J connectivity index is 1.21. The number of aryl methyl sites for hydroxylation is 4. The molecule has 194 valence electrons. The maximum Gasteiger partial charge on any atom is 0.221 e. The van der Waals surface area contributed by atoms with E-state index >= 15 is 0 Å². The molecule has 9 rings (SSSR count). The zero-order chi connectivity index (χ0) is 26.9. The summed E-state index contributed by atoms with van der Waals surface area (Å²) in [6, 6.07) is 35.1. The fourth-order valence-electron chi connectivity index (χ4n) is 7.02. The lowest BCUT2D eigenvalue weighted by atomic mass is 9.83. The summed E-state index contributed by atoms with van der Waals surface area (Å²) in [4.78, 5) is 0. The Hall–Kier alpha value is -5.02. The van der Waals surface area contributed by atoms with E-state index < -0.39 is 0 Å². The van der Waals surface area contributed by atoms with Gasteiger partial charge in [0.05, 0.1) is 16.5 Å². The molecular weight excluding hydrogens is 500 g/mol. The van der Waals surface area contributed by atoms with Crippen LogP contribution in [0, 0.1) is 0 Å². The topological polar surface area (TPSA) is 20.9 Å². The van der Waals surface area contributed by atoms with E-state index in [-0.39, 0.29) is 0 Å². The van der Waals surface area contributed by atoms with Crippen molar-refractivity contribution in [3.63, 3.8) is 0 Å². The van der Waals surface area contributed by atoms with Gasteiger partial charge in [-0.2, -0.15) is 9.13 Å². The van der Waals surface area contributed by atoms with Gasteiger partial charge in [0.1, 0.15) is 11.2 Å². The Bertz CT molecular complexity index is 2220. The van der Waals surface area contributed by atoms with E-state index in [1.54, 1.807) is 0 Å². The fourth-order valence-corrected chi connectivity index (χ4v) is 7.02. The third kappa shape index (κ3) is 3.45. The summed E-state index contributed by atoms with van der Waals surface area (Å²) >= 11 is 0. The van der Waals surface area contributed by atoms with Gasteiger partial charge in [-0.1, -0.05) is 78.9 Å². The summed E-state index contributed by atoms with van der Waals surface area (Å²) in [5.74, 6) is 0. The molecule has 0 spiro atoms. The number of hydrogen-bond donors (Lipinski definition) is 0. The molecule has 5 heterocycles. The van der Waals surface area contributed by atoms with Crippen LogP contribution in [-0.2, 0) is 25.9 Å². The zero-order valence-electron chi connectivity index (χ0n) is 22.7. The van der Waals surface area contributed by atoms with Crippen molar-refractivity contribution >= 4 is 44.9 Å². The summed E-state index contributed by atoms with van der Waals surface area (Å²) in [7, 11) is 0. The van der Waals surface area contributed by atoms with Crippen LogP contribution >= 0.6 is 0 Å². The van der Waals surface area contributed by atoms with Crippen LogP contribution in [0.5, 0.6) is 0 Å². The molecule has 2 aliphatic rings. The van der Waals surface area contributed by atoms with E-state index in [0.717, 1.165) is 53.4 Å². The third-order valence-electron chi connectivity index (χ3n) is 9.00. The Kier molecular flexibility index (Phi) is 4.85. The lowest BCUT2D eigenvalue weighted by molar-refractivity contribution is -0.689. The molecule has 3 nitrogen and oxygen atoms in total. The first-order valence-electron chi connectivity index (χ1n) is 14.5. The van der Waals surface area contributed by atoms with Crippen molar-refractivity contribution in [1.29, 1.82) is 0 Å². The first-order chi connectivity index (χ1) is 20.3. The quantitative estimate of drug-likeness (QED) is 0.209. The molecule has 3 aromatic heterocycles. The van der Waals surface area contributed by atoms with E-state index in [2.05, 4.69) is 119 Å². The molecule has 2 aliphatic heterocycles. The summed E-state index contributed by atoms with van der Waals surface area (Å²) in [5, 5.41) is 4.95. The minimum atomic E-state index is 0.931. The van der Waals surface area contributed by atoms with Gasteiger partial charge < -0.3 is 4.42 Å². The van der Waals surface area contributed by atoms with E-state index in [1.165, 1.54) is 50.0 Å². The summed E-state index contributed by atoms with van der Waals surface area (Å²) in [5.41, 5.74) is 12.5. The van der Waals surface area contributed by atoms with Crippen LogP contribution in [0.3, 0.4) is 0 Å². The van der Waals surface area contributed by atoms with Crippen LogP contribution in [0.25, 0.3) is 67.4 Å². The first-order valence-corrected chi connectivity index (χ1v) is 14.5. The van der Waals surface area contributed by atoms with Gasteiger partial charge in [0.15, 0.2) is 25.5 Å². The van der Waals surface area contributed by atoms with Crippen LogP contribution in [0.2, 0.25) is 0 Å². The highest BCUT2D eigenvalue weighted by Gasteiger charge is 2.34. The minimum Gasteiger partial charge on any atom is -0.455 e. The lowest BCUT2D eigenvalue weighted by Gasteiger charge is -2.23. The molecule has 0 amide bonds. The summed E-state index contributed by atoms with van der Waals surface area (Å²) in [6.45, 7) is 2.01. The highest BCUT2D eigenvalue weighted by molar-refractivity contribution is 6.07. The zero-order valence-corrected chi connectivity index (χ0v) is 22.7. The normalized spacial score (nSPS) is 13.9. The molecular formula is C38H28N2O+2. The van der Waals surface area contributed by atoms with Crippen LogP contribution < -0.4 is 9.13 Å². The second-order valence-corrected chi connectivity index (χ2v) is 11.3. The van der Waals surface area contributed by atoms with Gasteiger partial charge in [-0.25, -0.2) is 0 Å². The second-order valence-electron chi connectivity index (χ2n) is 11.3.